The minimum atomic E-state index is -0.136. The normalized spacial score (nSPS) is 21.2. The Morgan fingerprint density at radius 2 is 2.33 bits per heavy atom. The first kappa shape index (κ1) is 14.0. The van der Waals surface area contributed by atoms with Gasteiger partial charge >= 0.3 is 0 Å². The van der Waals surface area contributed by atoms with Gasteiger partial charge in [-0.2, -0.15) is 0 Å². The smallest absolute Gasteiger partial charge is 0.128 e. The summed E-state index contributed by atoms with van der Waals surface area (Å²) in [6, 6.07) is 5.27. The number of piperidine rings is 1. The summed E-state index contributed by atoms with van der Waals surface area (Å²) in [5.74, 6) is -0.136. The molecule has 1 atom stereocenters. The Labute approximate surface area is 116 Å². The molecule has 4 heteroatoms. The van der Waals surface area contributed by atoms with Crippen molar-refractivity contribution in [1.29, 1.82) is 0 Å². The number of hydrogen-bond acceptors (Lipinski definition) is 2. The molecule has 0 aliphatic carbocycles. The van der Waals surface area contributed by atoms with Crippen molar-refractivity contribution in [3.8, 4) is 0 Å². The maximum atomic E-state index is 13.8. The van der Waals surface area contributed by atoms with Crippen LogP contribution in [0, 0.1) is 5.82 Å². The highest BCUT2D eigenvalue weighted by atomic mass is 79.9. The molecule has 1 unspecified atom stereocenters. The van der Waals surface area contributed by atoms with Gasteiger partial charge in [-0.25, -0.2) is 4.39 Å². The van der Waals surface area contributed by atoms with E-state index in [1.165, 1.54) is 6.07 Å². The van der Waals surface area contributed by atoms with Crippen LogP contribution in [0.2, 0.25) is 0 Å². The highest BCUT2D eigenvalue weighted by Crippen LogP contribution is 2.20. The number of rotatable bonds is 4. The predicted octanol–water partition coefficient (Wildman–Crippen LogP) is 3.59. The van der Waals surface area contributed by atoms with Crippen LogP contribution in [0.1, 0.15) is 25.3 Å². The monoisotopic (exact) mass is 315 g/mol. The topological polar surface area (TPSA) is 12.5 Å². The van der Waals surface area contributed by atoms with Gasteiger partial charge in [0.1, 0.15) is 5.82 Å². The van der Waals surface area contributed by atoms with Crippen LogP contribution in [0.4, 0.5) is 4.39 Å². The van der Waals surface area contributed by atoms with Gasteiger partial charge in [-0.3, -0.25) is 4.90 Å². The molecule has 0 radical (unpaired) electrons. The Hall–Kier alpha value is -0.450. The largest absolute Gasteiger partial charge is 0.377 e. The Morgan fingerprint density at radius 3 is 3.06 bits per heavy atom. The molecule has 1 saturated heterocycles. The Kier molecular flexibility index (Phi) is 5.15. The van der Waals surface area contributed by atoms with Crippen molar-refractivity contribution < 1.29 is 9.13 Å². The van der Waals surface area contributed by atoms with Crippen LogP contribution in [-0.4, -0.2) is 30.7 Å². The van der Waals surface area contributed by atoms with Gasteiger partial charge < -0.3 is 4.74 Å². The number of halogens is 2. The number of hydrogen-bond donors (Lipinski definition) is 0. The lowest BCUT2D eigenvalue weighted by atomic mass is 10.1. The summed E-state index contributed by atoms with van der Waals surface area (Å²) in [5.41, 5.74) is 0.760. The minimum Gasteiger partial charge on any atom is -0.377 e. The zero-order valence-electron chi connectivity index (χ0n) is 10.7. The molecule has 0 aromatic heterocycles. The molecule has 1 aliphatic rings. The van der Waals surface area contributed by atoms with Crippen LogP contribution in [0.25, 0.3) is 0 Å². The maximum absolute atomic E-state index is 13.8. The molecule has 1 heterocycles. The molecular weight excluding hydrogens is 297 g/mol. The van der Waals surface area contributed by atoms with Gasteiger partial charge in [-0.1, -0.05) is 22.0 Å². The third kappa shape index (κ3) is 3.77. The lowest BCUT2D eigenvalue weighted by molar-refractivity contribution is 0.00337. The molecule has 0 amide bonds. The first-order chi connectivity index (χ1) is 8.69. The molecule has 0 bridgehead atoms. The summed E-state index contributed by atoms with van der Waals surface area (Å²) in [6.07, 6.45) is 2.55. The van der Waals surface area contributed by atoms with Crippen molar-refractivity contribution in [3.63, 3.8) is 0 Å². The average Bonchev–Trinajstić information content (AvgIpc) is 2.34. The summed E-state index contributed by atoms with van der Waals surface area (Å²) >= 11 is 3.28. The quantitative estimate of drug-likeness (QED) is 0.842. The van der Waals surface area contributed by atoms with Crippen molar-refractivity contribution in [2.24, 2.45) is 0 Å². The van der Waals surface area contributed by atoms with Crippen LogP contribution < -0.4 is 0 Å². The van der Waals surface area contributed by atoms with Crippen LogP contribution in [0.15, 0.2) is 22.7 Å². The van der Waals surface area contributed by atoms with Gasteiger partial charge in [0.2, 0.25) is 0 Å². The summed E-state index contributed by atoms with van der Waals surface area (Å²) in [5, 5.41) is 0. The SMILES string of the molecule is CCOC1CCCN(Cc2ccc(Br)cc2F)C1. The first-order valence-electron chi connectivity index (χ1n) is 6.47. The van der Waals surface area contributed by atoms with E-state index in [4.69, 9.17) is 4.74 Å². The molecule has 2 rings (SSSR count). The third-order valence-corrected chi connectivity index (χ3v) is 3.77. The summed E-state index contributed by atoms with van der Waals surface area (Å²) < 4.78 is 20.2. The number of nitrogens with zero attached hydrogens (tertiary/aromatic N) is 1. The fourth-order valence-corrected chi connectivity index (χ4v) is 2.75. The van der Waals surface area contributed by atoms with E-state index in [1.807, 2.05) is 19.1 Å². The van der Waals surface area contributed by atoms with Gasteiger partial charge in [-0.15, -0.1) is 0 Å². The van der Waals surface area contributed by atoms with Crippen molar-refractivity contribution in [1.82, 2.24) is 4.90 Å². The van der Waals surface area contributed by atoms with Gasteiger partial charge in [0, 0.05) is 29.7 Å². The molecule has 0 N–H and O–H groups in total. The van der Waals surface area contributed by atoms with E-state index in [2.05, 4.69) is 20.8 Å². The Bertz CT molecular complexity index is 397. The summed E-state index contributed by atoms with van der Waals surface area (Å²) in [4.78, 5) is 2.27. The van der Waals surface area contributed by atoms with Crippen LogP contribution in [0.3, 0.4) is 0 Å². The molecule has 2 nitrogen and oxygen atoms in total. The summed E-state index contributed by atoms with van der Waals surface area (Å²) in [6.45, 7) is 5.38. The lowest BCUT2D eigenvalue weighted by Crippen LogP contribution is -2.39. The number of likely N-dealkylation sites (tertiary alicyclic amines) is 1. The molecular formula is C14H19BrFNO. The first-order valence-corrected chi connectivity index (χ1v) is 7.26. The van der Waals surface area contributed by atoms with E-state index in [1.54, 1.807) is 0 Å². The highest BCUT2D eigenvalue weighted by Gasteiger charge is 2.20. The van der Waals surface area contributed by atoms with Crippen LogP contribution in [-0.2, 0) is 11.3 Å². The van der Waals surface area contributed by atoms with Gasteiger partial charge in [-0.05, 0) is 38.4 Å². The van der Waals surface area contributed by atoms with E-state index >= 15 is 0 Å². The van der Waals surface area contributed by atoms with E-state index in [9.17, 15) is 4.39 Å². The van der Waals surface area contributed by atoms with Crippen molar-refractivity contribution in [2.75, 3.05) is 19.7 Å². The Morgan fingerprint density at radius 1 is 1.50 bits per heavy atom. The molecule has 0 spiro atoms. The van der Waals surface area contributed by atoms with Crippen molar-refractivity contribution in [2.45, 2.75) is 32.4 Å². The van der Waals surface area contributed by atoms with Gasteiger partial charge in [0.15, 0.2) is 0 Å². The predicted molar refractivity (Wildman–Crippen MR) is 74.0 cm³/mol. The molecule has 1 fully saturated rings. The second kappa shape index (κ2) is 6.64. The molecule has 1 aromatic carbocycles. The zero-order valence-corrected chi connectivity index (χ0v) is 12.2. The minimum absolute atomic E-state index is 0.136. The fourth-order valence-electron chi connectivity index (χ4n) is 2.42. The standard InChI is InChI=1S/C14H19BrFNO/c1-2-18-13-4-3-7-17(10-13)9-11-5-6-12(15)8-14(11)16/h5-6,8,13H,2-4,7,9-10H2,1H3. The van der Waals surface area contributed by atoms with E-state index < -0.39 is 0 Å². The zero-order chi connectivity index (χ0) is 13.0. The van der Waals surface area contributed by atoms with Crippen molar-refractivity contribution in [3.05, 3.63) is 34.1 Å². The molecule has 1 aliphatic heterocycles. The van der Waals surface area contributed by atoms with Crippen molar-refractivity contribution >= 4 is 15.9 Å². The van der Waals surface area contributed by atoms with Gasteiger partial charge in [0.05, 0.1) is 6.10 Å². The fraction of sp³-hybridized carbons (Fsp3) is 0.571. The van der Waals surface area contributed by atoms with Crippen LogP contribution in [0.5, 0.6) is 0 Å². The third-order valence-electron chi connectivity index (χ3n) is 3.27. The molecule has 18 heavy (non-hydrogen) atoms. The van der Waals surface area contributed by atoms with E-state index in [0.717, 1.165) is 42.6 Å². The van der Waals surface area contributed by atoms with Crippen LogP contribution >= 0.6 is 15.9 Å². The maximum Gasteiger partial charge on any atom is 0.128 e. The van der Waals surface area contributed by atoms with Gasteiger partial charge in [0.25, 0.3) is 0 Å². The Balaban J connectivity index is 1.96. The molecule has 100 valence electrons. The summed E-state index contributed by atoms with van der Waals surface area (Å²) in [7, 11) is 0. The molecule has 1 aromatic rings. The second-order valence-corrected chi connectivity index (χ2v) is 5.61. The number of ether oxygens (including phenoxy) is 1. The highest BCUT2D eigenvalue weighted by molar-refractivity contribution is 9.10. The van der Waals surface area contributed by atoms with E-state index in [-0.39, 0.29) is 5.82 Å². The van der Waals surface area contributed by atoms with E-state index in [0.29, 0.717) is 12.6 Å². The lowest BCUT2D eigenvalue weighted by Gasteiger charge is -2.32. The average molecular weight is 316 g/mol. The molecule has 0 saturated carbocycles. The second-order valence-electron chi connectivity index (χ2n) is 4.69. The number of benzene rings is 1.